The Morgan fingerprint density at radius 1 is 0.449 bits per heavy atom. The predicted octanol–water partition coefficient (Wildman–Crippen LogP) is 15.4. The minimum Gasteiger partial charge on any atom is -0.497 e. The fourth-order valence-electron chi connectivity index (χ4n) is 16.1. The molecule has 636 valence electrons. The molecule has 4 N–H and O–H groups in total. The molecule has 4 aliphatic carbocycles. The fourth-order valence-corrected chi connectivity index (χ4v) is 16.1. The number of nitrogens with zero attached hydrogens (tertiary/aromatic N) is 2. The van der Waals surface area contributed by atoms with Crippen LogP contribution in [-0.4, -0.2) is 145 Å². The van der Waals surface area contributed by atoms with Crippen LogP contribution in [0.2, 0.25) is 0 Å². The Morgan fingerprint density at radius 3 is 1.12 bits per heavy atom. The number of ether oxygens (including phenoxy) is 8. The van der Waals surface area contributed by atoms with E-state index in [0.717, 1.165) is 75.3 Å². The van der Waals surface area contributed by atoms with Crippen molar-refractivity contribution >= 4 is 80.9 Å². The van der Waals surface area contributed by atoms with Crippen molar-refractivity contribution in [2.24, 2.45) is 47.3 Å². The summed E-state index contributed by atoms with van der Waals surface area (Å²) in [6.45, 7) is 21.8. The van der Waals surface area contributed by atoms with Crippen molar-refractivity contribution in [3.63, 3.8) is 0 Å². The number of pyridine rings is 2. The van der Waals surface area contributed by atoms with Crippen LogP contribution in [0.3, 0.4) is 0 Å². The largest absolute Gasteiger partial charge is 0.497 e. The lowest BCUT2D eigenvalue weighted by Crippen LogP contribution is -2.56. The number of fused-ring (bicyclic) bond motifs is 2. The lowest BCUT2D eigenvalue weighted by atomic mass is 9.83. The van der Waals surface area contributed by atoms with Crippen LogP contribution in [0.15, 0.2) is 132 Å². The van der Waals surface area contributed by atoms with Gasteiger partial charge in [-0.3, -0.25) is 38.4 Å². The molecule has 24 heteroatoms. The highest BCUT2D eigenvalue weighted by molar-refractivity contribution is 6.06. The van der Waals surface area contributed by atoms with Gasteiger partial charge in [-0.25, -0.2) is 19.6 Å². The third-order valence-electron chi connectivity index (χ3n) is 22.2. The lowest BCUT2D eigenvalue weighted by Gasteiger charge is -2.31. The van der Waals surface area contributed by atoms with Crippen LogP contribution in [-0.2, 0) is 66.9 Å². The molecule has 10 atom stereocenters. The van der Waals surface area contributed by atoms with E-state index in [4.69, 9.17) is 47.9 Å². The van der Waals surface area contributed by atoms with Crippen molar-refractivity contribution < 1.29 is 85.8 Å². The molecule has 2 unspecified atom stereocenters. The Kier molecular flexibility index (Phi) is 32.7. The molecule has 10 rings (SSSR count). The number of benzene rings is 4. The van der Waals surface area contributed by atoms with Crippen LogP contribution in [0.4, 0.5) is 0 Å². The predicted molar refractivity (Wildman–Crippen MR) is 451 cm³/mol. The molecule has 0 radical (unpaired) electrons. The van der Waals surface area contributed by atoms with Crippen LogP contribution in [0.5, 0.6) is 23.0 Å². The molecular weight excluding hydrogens is 1500 g/mol. The molecule has 4 amide bonds. The molecule has 0 aliphatic heterocycles. The third kappa shape index (κ3) is 24.8. The van der Waals surface area contributed by atoms with Gasteiger partial charge in [0.15, 0.2) is 0 Å². The summed E-state index contributed by atoms with van der Waals surface area (Å²) >= 11 is 0. The normalized spacial score (nSPS) is 18.6. The Balaban J connectivity index is 0.000000269. The number of ketones is 2. The van der Waals surface area contributed by atoms with Crippen LogP contribution < -0.4 is 40.2 Å². The Labute approximate surface area is 694 Å². The Hall–Kier alpha value is -10.5. The van der Waals surface area contributed by atoms with Gasteiger partial charge in [0, 0.05) is 83.0 Å². The molecule has 2 fully saturated rings. The monoisotopic (exact) mass is 1620 g/mol. The van der Waals surface area contributed by atoms with Crippen LogP contribution in [0, 0.1) is 47.3 Å². The van der Waals surface area contributed by atoms with Crippen molar-refractivity contribution in [3.05, 3.63) is 132 Å². The number of amides is 4. The zero-order valence-corrected chi connectivity index (χ0v) is 71.6. The smallest absolute Gasteiger partial charge is 0.328 e. The average Bonchev–Trinajstić information content (AvgIpc) is 1.48. The number of nitrogens with one attached hydrogen (secondary N) is 4. The molecule has 2 heterocycles. The standard InChI is InChI=1S/2C47H61N3O9/c2*1-9-16-31(45(54)59-47(4,5)6)23-39(51)35-24-33(58-40-27-37(29-17-12-10-13-18-29)48-38-26-32(56-7)21-22-34(38)40)25-36(35)43(52)49-41(28(2)3)44(53)50-42(46(55)57-8)30-19-14-11-15-20-30/h2*10,12-13,17-18,21-22,25-28,30-31,33,35,41-42H,9,11,14-16,19-20,23-24H2,1-8H3,(H,49,52)(H,50,53)/t31-,33?,35+,41+,42+;31-,33?,35-,41+,42+/m11/s1. The van der Waals surface area contributed by atoms with Gasteiger partial charge < -0.3 is 59.2 Å². The van der Waals surface area contributed by atoms with E-state index in [2.05, 4.69) is 21.3 Å². The SMILES string of the molecule is CCC[C@H](CC(=O)[C@@H]1CC(Oc2cc(-c3ccccc3)nc3cc(OC)ccc23)C=C1C(=O)N[C@H](C(=O)N[C@H](C(=O)OC)C1CCCCC1)C(C)C)C(=O)OC(C)(C)C.CCC[C@H](CC(=O)[C@H]1CC(Oc2cc(-c3ccccc3)nc3cc(OC)ccc23)C=C1C(=O)N[C@H](C(=O)N[C@H](C(=O)OC)C1CCCCC1)C(C)C)C(=O)OC(C)(C)C. The summed E-state index contributed by atoms with van der Waals surface area (Å²) in [5.41, 5.74) is 3.17. The highest BCUT2D eigenvalue weighted by Gasteiger charge is 2.44. The van der Waals surface area contributed by atoms with Gasteiger partial charge in [0.2, 0.25) is 23.6 Å². The van der Waals surface area contributed by atoms with Gasteiger partial charge in [0.25, 0.3) is 0 Å². The quantitative estimate of drug-likeness (QED) is 0.0215. The van der Waals surface area contributed by atoms with Gasteiger partial charge in [0.1, 0.15) is 82.1 Å². The average molecular weight is 1620 g/mol. The van der Waals surface area contributed by atoms with E-state index in [1.165, 1.54) is 14.2 Å². The first kappa shape index (κ1) is 91.4. The maximum absolute atomic E-state index is 14.4. The van der Waals surface area contributed by atoms with Crippen LogP contribution in [0.1, 0.15) is 199 Å². The summed E-state index contributed by atoms with van der Waals surface area (Å²) in [5.74, 6) is -6.72. The molecule has 0 saturated heterocycles. The number of methoxy groups -OCH3 is 4. The van der Waals surface area contributed by atoms with E-state index in [9.17, 15) is 47.9 Å². The van der Waals surface area contributed by atoms with E-state index in [1.54, 1.807) is 95.6 Å². The van der Waals surface area contributed by atoms with Crippen molar-refractivity contribution in [1.82, 2.24) is 31.2 Å². The minimum absolute atomic E-state index is 0.0742. The van der Waals surface area contributed by atoms with E-state index in [0.29, 0.717) is 81.9 Å². The number of aromatic nitrogens is 2. The van der Waals surface area contributed by atoms with Gasteiger partial charge in [-0.1, -0.05) is 154 Å². The topological polar surface area (TPSA) is 318 Å². The third-order valence-corrected chi connectivity index (χ3v) is 22.2. The number of carbonyl (C=O) groups excluding carboxylic acids is 10. The molecule has 118 heavy (non-hydrogen) atoms. The molecular formula is C94H122N6O18. The van der Waals surface area contributed by atoms with Crippen molar-refractivity contribution in [1.29, 1.82) is 0 Å². The van der Waals surface area contributed by atoms with Crippen molar-refractivity contribution in [2.45, 2.75) is 246 Å². The Morgan fingerprint density at radius 2 is 0.805 bits per heavy atom. The number of hydrogen-bond donors (Lipinski definition) is 4. The first-order valence-electron chi connectivity index (χ1n) is 42.0. The summed E-state index contributed by atoms with van der Waals surface area (Å²) in [6, 6.07) is 30.3. The number of rotatable bonds is 34. The molecule has 0 bridgehead atoms. The first-order valence-corrected chi connectivity index (χ1v) is 42.0. The molecule has 24 nitrogen and oxygen atoms in total. The zero-order valence-electron chi connectivity index (χ0n) is 71.6. The number of esters is 4. The Bertz CT molecular complexity index is 4280. The summed E-state index contributed by atoms with van der Waals surface area (Å²) < 4.78 is 46.0. The van der Waals surface area contributed by atoms with Gasteiger partial charge >= 0.3 is 23.9 Å². The second-order valence-electron chi connectivity index (χ2n) is 34.2. The molecule has 2 aromatic heterocycles. The fraction of sp³-hybridized carbons (Fsp3) is 0.532. The van der Waals surface area contributed by atoms with E-state index in [1.807, 2.05) is 123 Å². The molecule has 6 aromatic rings. The van der Waals surface area contributed by atoms with Crippen LogP contribution in [0.25, 0.3) is 44.3 Å². The first-order chi connectivity index (χ1) is 56.2. The highest BCUT2D eigenvalue weighted by atomic mass is 16.6. The molecule has 0 spiro atoms. The van der Waals surface area contributed by atoms with E-state index >= 15 is 0 Å². The summed E-state index contributed by atoms with van der Waals surface area (Å²) in [5, 5.41) is 13.0. The zero-order chi connectivity index (χ0) is 85.7. The highest BCUT2D eigenvalue weighted by Crippen LogP contribution is 2.41. The van der Waals surface area contributed by atoms with Gasteiger partial charge in [0.05, 0.1) is 74.5 Å². The van der Waals surface area contributed by atoms with Gasteiger partial charge in [-0.2, -0.15) is 0 Å². The van der Waals surface area contributed by atoms with Crippen LogP contribution >= 0.6 is 0 Å². The second kappa shape index (κ2) is 42.2. The maximum atomic E-state index is 14.4. The van der Waals surface area contributed by atoms with Gasteiger partial charge in [-0.15, -0.1) is 0 Å². The van der Waals surface area contributed by atoms with Crippen molar-refractivity contribution in [3.8, 4) is 45.5 Å². The second-order valence-corrected chi connectivity index (χ2v) is 34.2. The number of Topliss-reactive ketones (excluding diaryl/α,β-unsaturated/α-hetero) is 2. The summed E-state index contributed by atoms with van der Waals surface area (Å²) in [4.78, 5) is 148. The van der Waals surface area contributed by atoms with E-state index in [-0.39, 0.29) is 72.1 Å². The van der Waals surface area contributed by atoms with E-state index < -0.39 is 119 Å². The minimum atomic E-state index is -1.03. The molecule has 4 aromatic carbocycles. The molecule has 4 aliphatic rings. The maximum Gasteiger partial charge on any atom is 0.328 e. The molecule has 2 saturated carbocycles. The number of hydrogen-bond acceptors (Lipinski definition) is 20. The lowest BCUT2D eigenvalue weighted by molar-refractivity contribution is -0.162. The van der Waals surface area contributed by atoms with Crippen molar-refractivity contribution in [2.75, 3.05) is 28.4 Å². The summed E-state index contributed by atoms with van der Waals surface area (Å²) in [6.07, 6.45) is 13.1. The number of carbonyl (C=O) groups is 10. The summed E-state index contributed by atoms with van der Waals surface area (Å²) in [7, 11) is 5.77. The van der Waals surface area contributed by atoms with Gasteiger partial charge in [-0.05, 0) is 140 Å².